The molecule has 8 nitrogen and oxygen atoms in total. The lowest BCUT2D eigenvalue weighted by atomic mass is 9.89. The lowest BCUT2D eigenvalue weighted by Crippen LogP contribution is -2.62. The Morgan fingerprint density at radius 1 is 1.26 bits per heavy atom. The Kier molecular flexibility index (Phi) is 5.08. The molecular weight excluding hydrogens is 464 g/mol. The summed E-state index contributed by atoms with van der Waals surface area (Å²) in [5, 5.41) is 35.4. The molecule has 0 atom stereocenters. The van der Waals surface area contributed by atoms with Crippen molar-refractivity contribution in [3.05, 3.63) is 52.6 Å². The molecule has 3 aromatic heterocycles. The van der Waals surface area contributed by atoms with Gasteiger partial charge in [0.2, 0.25) is 0 Å². The summed E-state index contributed by atoms with van der Waals surface area (Å²) < 4.78 is 28.6. The van der Waals surface area contributed by atoms with Gasteiger partial charge < -0.3 is 10.0 Å². The molecule has 0 spiro atoms. The molecule has 34 heavy (non-hydrogen) atoms. The van der Waals surface area contributed by atoms with Crippen molar-refractivity contribution < 1.29 is 13.9 Å². The number of hydrogen-bond donors (Lipinski definition) is 1. The fourth-order valence-electron chi connectivity index (χ4n) is 4.45. The number of pyridine rings is 1. The first-order valence-corrected chi connectivity index (χ1v) is 10.6. The maximum absolute atomic E-state index is 13.7. The van der Waals surface area contributed by atoms with E-state index in [0.717, 1.165) is 10.8 Å². The van der Waals surface area contributed by atoms with E-state index in [1.165, 1.54) is 4.52 Å². The quantitative estimate of drug-likeness (QED) is 0.467. The number of β-amino-alcohol motifs (C(OH)–C–C–N with tert-alkyl or cyclic N) is 1. The largest absolute Gasteiger partial charge is 0.385 e. The number of hydrogen-bond acceptors (Lipinski definition) is 7. The van der Waals surface area contributed by atoms with Crippen LogP contribution in [0.5, 0.6) is 0 Å². The Morgan fingerprint density at radius 2 is 2.03 bits per heavy atom. The minimum atomic E-state index is -2.97. The highest BCUT2D eigenvalue weighted by molar-refractivity contribution is 6.31. The summed E-state index contributed by atoms with van der Waals surface area (Å²) >= 11 is 6.15. The number of anilines is 1. The molecule has 1 N–H and O–H groups in total. The van der Waals surface area contributed by atoms with E-state index in [9.17, 15) is 19.1 Å². The van der Waals surface area contributed by atoms with Crippen LogP contribution < -0.4 is 4.90 Å². The SMILES string of the molecule is Cc1nc2c(C#N)c(C(F)F)nn2c(N2CC(O)(CC#N)C2)c1-c1cncc2cc(Cl)ccc12. The summed E-state index contributed by atoms with van der Waals surface area (Å²) in [6.07, 6.45) is 0.253. The first-order chi connectivity index (χ1) is 16.3. The molecule has 1 aliphatic rings. The van der Waals surface area contributed by atoms with E-state index < -0.39 is 17.7 Å². The van der Waals surface area contributed by atoms with E-state index in [1.807, 2.05) is 12.1 Å². The van der Waals surface area contributed by atoms with Crippen LogP contribution in [0.15, 0.2) is 30.6 Å². The van der Waals surface area contributed by atoms with E-state index in [0.29, 0.717) is 27.7 Å². The molecule has 1 saturated heterocycles. The molecule has 5 rings (SSSR count). The monoisotopic (exact) mass is 479 g/mol. The average molecular weight is 480 g/mol. The molecule has 1 aromatic carbocycles. The molecule has 1 aliphatic heterocycles. The first-order valence-electron chi connectivity index (χ1n) is 10.3. The Hall–Kier alpha value is -3.86. The van der Waals surface area contributed by atoms with E-state index in [2.05, 4.69) is 15.1 Å². The molecule has 4 aromatic rings. The zero-order valence-corrected chi connectivity index (χ0v) is 18.6. The van der Waals surface area contributed by atoms with Crippen LogP contribution in [0.3, 0.4) is 0 Å². The fraction of sp³-hybridized carbons (Fsp3) is 0.261. The minimum Gasteiger partial charge on any atom is -0.385 e. The third-order valence-corrected chi connectivity index (χ3v) is 6.17. The highest BCUT2D eigenvalue weighted by atomic mass is 35.5. The summed E-state index contributed by atoms with van der Waals surface area (Å²) in [7, 11) is 0. The van der Waals surface area contributed by atoms with Gasteiger partial charge in [-0.25, -0.2) is 13.8 Å². The van der Waals surface area contributed by atoms with Crippen LogP contribution in [0, 0.1) is 29.6 Å². The highest BCUT2D eigenvalue weighted by Gasteiger charge is 2.44. The van der Waals surface area contributed by atoms with Crippen molar-refractivity contribution in [1.82, 2.24) is 19.6 Å². The van der Waals surface area contributed by atoms with Gasteiger partial charge in [-0.3, -0.25) is 4.98 Å². The number of aromatic nitrogens is 4. The van der Waals surface area contributed by atoms with Crippen molar-refractivity contribution in [3.63, 3.8) is 0 Å². The number of aliphatic hydroxyl groups is 1. The number of alkyl halides is 2. The van der Waals surface area contributed by atoms with E-state index >= 15 is 0 Å². The van der Waals surface area contributed by atoms with E-state index in [-0.39, 0.29) is 30.7 Å². The van der Waals surface area contributed by atoms with Crippen LogP contribution in [-0.2, 0) is 0 Å². The van der Waals surface area contributed by atoms with Crippen LogP contribution in [0.2, 0.25) is 5.02 Å². The van der Waals surface area contributed by atoms with Gasteiger partial charge in [0.25, 0.3) is 6.43 Å². The highest BCUT2D eigenvalue weighted by Crippen LogP contribution is 2.42. The van der Waals surface area contributed by atoms with E-state index in [1.54, 1.807) is 42.4 Å². The molecule has 11 heteroatoms. The van der Waals surface area contributed by atoms with Crippen LogP contribution in [0.4, 0.5) is 14.6 Å². The van der Waals surface area contributed by atoms with Crippen molar-refractivity contribution in [2.75, 3.05) is 18.0 Å². The third kappa shape index (κ3) is 3.31. The van der Waals surface area contributed by atoms with Crippen molar-refractivity contribution in [2.24, 2.45) is 0 Å². The number of halogens is 3. The number of nitriles is 2. The Balaban J connectivity index is 1.84. The molecule has 4 heterocycles. The second-order valence-electron chi connectivity index (χ2n) is 8.27. The van der Waals surface area contributed by atoms with Crippen LogP contribution in [0.1, 0.15) is 29.8 Å². The van der Waals surface area contributed by atoms with Crippen molar-refractivity contribution in [1.29, 1.82) is 10.5 Å². The van der Waals surface area contributed by atoms with Crippen molar-refractivity contribution in [3.8, 4) is 23.3 Å². The Bertz CT molecular complexity index is 1550. The third-order valence-electron chi connectivity index (χ3n) is 5.93. The van der Waals surface area contributed by atoms with Crippen LogP contribution in [0.25, 0.3) is 27.5 Å². The smallest absolute Gasteiger partial charge is 0.283 e. The Labute approximate surface area is 197 Å². The van der Waals surface area contributed by atoms with Gasteiger partial charge in [-0.1, -0.05) is 17.7 Å². The van der Waals surface area contributed by atoms with Gasteiger partial charge in [-0.05, 0) is 24.4 Å². The van der Waals surface area contributed by atoms with Gasteiger partial charge in [-0.15, -0.1) is 0 Å². The summed E-state index contributed by atoms with van der Waals surface area (Å²) in [4.78, 5) is 10.5. The first kappa shape index (κ1) is 22.0. The van der Waals surface area contributed by atoms with Gasteiger partial charge in [0.15, 0.2) is 5.65 Å². The lowest BCUT2D eigenvalue weighted by Gasteiger charge is -2.47. The number of benzene rings is 1. The number of aryl methyl sites for hydroxylation is 1. The predicted molar refractivity (Wildman–Crippen MR) is 121 cm³/mol. The summed E-state index contributed by atoms with van der Waals surface area (Å²) in [6.45, 7) is 1.88. The summed E-state index contributed by atoms with van der Waals surface area (Å²) in [5.74, 6) is 0.387. The number of fused-ring (bicyclic) bond motifs is 2. The second kappa shape index (κ2) is 7.87. The lowest BCUT2D eigenvalue weighted by molar-refractivity contribution is 0.0160. The standard InChI is InChI=1S/C23H16ClF2N7O/c1-12-18(17-9-29-8-13-6-14(24)2-3-15(13)17)22(32-10-23(34,11-32)4-5-27)33-21(30-12)16(7-28)19(31-33)20(25)26/h2-3,6,8-9,20,34H,4,10-11H2,1H3. The van der Waals surface area contributed by atoms with Gasteiger partial charge >= 0.3 is 0 Å². The van der Waals surface area contributed by atoms with Gasteiger partial charge in [0.1, 0.15) is 28.7 Å². The zero-order valence-electron chi connectivity index (χ0n) is 17.8. The van der Waals surface area contributed by atoms with Gasteiger partial charge in [-0.2, -0.15) is 20.1 Å². The molecule has 0 bridgehead atoms. The summed E-state index contributed by atoms with van der Waals surface area (Å²) in [5.41, 5.74) is -0.499. The van der Waals surface area contributed by atoms with Crippen molar-refractivity contribution >= 4 is 33.8 Å². The predicted octanol–water partition coefficient (Wildman–Crippen LogP) is 4.18. The van der Waals surface area contributed by atoms with Crippen molar-refractivity contribution in [2.45, 2.75) is 25.4 Å². The summed E-state index contributed by atoms with van der Waals surface area (Å²) in [6, 6.07) is 9.10. The minimum absolute atomic E-state index is 0.000938. The topological polar surface area (TPSA) is 114 Å². The Morgan fingerprint density at radius 3 is 2.71 bits per heavy atom. The maximum Gasteiger partial charge on any atom is 0.283 e. The molecule has 0 amide bonds. The van der Waals surface area contributed by atoms with E-state index in [4.69, 9.17) is 16.9 Å². The molecule has 170 valence electrons. The maximum atomic E-state index is 13.7. The molecule has 1 fully saturated rings. The molecular formula is C23H16ClF2N7O. The fourth-order valence-corrected chi connectivity index (χ4v) is 4.63. The number of nitrogens with zero attached hydrogens (tertiary/aromatic N) is 7. The number of rotatable bonds is 4. The zero-order chi connectivity index (χ0) is 24.2. The van der Waals surface area contributed by atoms with Crippen LogP contribution >= 0.6 is 11.6 Å². The van der Waals surface area contributed by atoms with Crippen LogP contribution in [-0.4, -0.2) is 43.4 Å². The second-order valence-corrected chi connectivity index (χ2v) is 8.71. The normalized spacial score (nSPS) is 14.9. The molecule has 0 aliphatic carbocycles. The van der Waals surface area contributed by atoms with Gasteiger partial charge in [0.05, 0.1) is 31.3 Å². The molecule has 0 unspecified atom stereocenters. The van der Waals surface area contributed by atoms with Gasteiger partial charge in [0, 0.05) is 33.9 Å². The molecule has 0 saturated carbocycles. The molecule has 0 radical (unpaired) electrons. The average Bonchev–Trinajstić information content (AvgIpc) is 3.14.